The second-order valence-corrected chi connectivity index (χ2v) is 6.34. The van der Waals surface area contributed by atoms with Gasteiger partial charge in [0.05, 0.1) is 0 Å². The number of amides is 1. The molecule has 1 aliphatic heterocycles. The summed E-state index contributed by atoms with van der Waals surface area (Å²) in [7, 11) is 0. The maximum Gasteiger partial charge on any atom is 0.274 e. The van der Waals surface area contributed by atoms with Crippen molar-refractivity contribution < 1.29 is 14.3 Å². The van der Waals surface area contributed by atoms with Crippen molar-refractivity contribution in [2.45, 2.75) is 25.8 Å². The summed E-state index contributed by atoms with van der Waals surface area (Å²) in [6.45, 7) is 2.56. The van der Waals surface area contributed by atoms with E-state index in [-0.39, 0.29) is 35.9 Å². The Kier molecular flexibility index (Phi) is 4.94. The lowest BCUT2D eigenvalue weighted by Crippen LogP contribution is -2.45. The number of aromatic nitrogens is 2. The minimum atomic E-state index is -0.584. The Morgan fingerprint density at radius 2 is 2.08 bits per heavy atom. The Morgan fingerprint density at radius 1 is 1.32 bits per heavy atom. The highest BCUT2D eigenvalue weighted by molar-refractivity contribution is 5.92. The van der Waals surface area contributed by atoms with Gasteiger partial charge in [-0.15, -0.1) is 0 Å². The van der Waals surface area contributed by atoms with Crippen LogP contribution in [0.2, 0.25) is 0 Å². The number of aliphatic hydroxyl groups is 1. The molecule has 1 fully saturated rings. The smallest absolute Gasteiger partial charge is 0.274 e. The number of aliphatic hydroxyl groups excluding tert-OH is 1. The molecular weight excluding hydrogens is 325 g/mol. The van der Waals surface area contributed by atoms with Gasteiger partial charge in [-0.1, -0.05) is 12.1 Å². The van der Waals surface area contributed by atoms with Crippen LogP contribution in [-0.4, -0.2) is 44.9 Å². The van der Waals surface area contributed by atoms with Crippen molar-refractivity contribution >= 4 is 5.91 Å². The maximum absolute atomic E-state index is 14.0. The summed E-state index contributed by atoms with van der Waals surface area (Å²) in [4.78, 5) is 26.5. The molecule has 2 atom stereocenters. The number of likely N-dealkylation sites (tertiary alicyclic amines) is 1. The van der Waals surface area contributed by atoms with Crippen LogP contribution >= 0.6 is 0 Å². The standard InChI is InChI=1S/C18H20FN3O3/c1-12-10-13(11-23)8-9-21(12)18(25)15-6-7-17(24)22(20-15)16-5-3-2-4-14(16)19/h2-7,12-13,23H,8-11H2,1H3/t12-,13-/m0/s1. The van der Waals surface area contributed by atoms with Crippen molar-refractivity contribution in [3.05, 3.63) is 58.3 Å². The summed E-state index contributed by atoms with van der Waals surface area (Å²) in [6, 6.07) is 8.35. The molecule has 3 rings (SSSR count). The van der Waals surface area contributed by atoms with E-state index in [4.69, 9.17) is 0 Å². The Balaban J connectivity index is 1.91. The number of nitrogens with zero attached hydrogens (tertiary/aromatic N) is 3. The van der Waals surface area contributed by atoms with Gasteiger partial charge in [-0.2, -0.15) is 9.78 Å². The normalized spacial score (nSPS) is 20.5. The van der Waals surface area contributed by atoms with Crippen LogP contribution in [0.3, 0.4) is 0 Å². The predicted octanol–water partition coefficient (Wildman–Crippen LogP) is 1.60. The van der Waals surface area contributed by atoms with Gasteiger partial charge in [0.15, 0.2) is 0 Å². The largest absolute Gasteiger partial charge is 0.396 e. The van der Waals surface area contributed by atoms with E-state index in [1.165, 1.54) is 30.3 Å². The number of para-hydroxylation sites is 1. The summed E-state index contributed by atoms with van der Waals surface area (Å²) < 4.78 is 14.9. The molecule has 0 bridgehead atoms. The molecule has 1 aliphatic rings. The summed E-state index contributed by atoms with van der Waals surface area (Å²) >= 11 is 0. The zero-order valence-electron chi connectivity index (χ0n) is 13.9. The quantitative estimate of drug-likeness (QED) is 0.917. The van der Waals surface area contributed by atoms with Crippen LogP contribution in [0.4, 0.5) is 4.39 Å². The molecule has 1 aromatic heterocycles. The minimum absolute atomic E-state index is 0.00851. The third-order valence-electron chi connectivity index (χ3n) is 4.60. The van der Waals surface area contributed by atoms with E-state index in [2.05, 4.69) is 5.10 Å². The first-order valence-electron chi connectivity index (χ1n) is 8.28. The predicted molar refractivity (Wildman–Crippen MR) is 90.1 cm³/mol. The number of carbonyl (C=O) groups is 1. The molecule has 1 saturated heterocycles. The number of benzene rings is 1. The summed E-state index contributed by atoms with van der Waals surface area (Å²) in [5.41, 5.74) is -0.403. The Morgan fingerprint density at radius 3 is 2.76 bits per heavy atom. The second-order valence-electron chi connectivity index (χ2n) is 6.34. The number of hydrogen-bond donors (Lipinski definition) is 1. The van der Waals surface area contributed by atoms with Gasteiger partial charge in [0, 0.05) is 25.3 Å². The molecule has 7 heteroatoms. The van der Waals surface area contributed by atoms with E-state index in [0.29, 0.717) is 6.54 Å². The summed E-state index contributed by atoms with van der Waals surface area (Å²) in [5.74, 6) is -0.688. The molecule has 0 spiro atoms. The molecule has 132 valence electrons. The fraction of sp³-hybridized carbons (Fsp3) is 0.389. The summed E-state index contributed by atoms with van der Waals surface area (Å²) in [5, 5.41) is 13.4. The molecule has 2 heterocycles. The molecule has 25 heavy (non-hydrogen) atoms. The number of piperidine rings is 1. The van der Waals surface area contributed by atoms with Gasteiger partial charge in [0.25, 0.3) is 11.5 Å². The fourth-order valence-corrected chi connectivity index (χ4v) is 3.21. The SMILES string of the molecule is C[C@H]1C[C@@H](CO)CCN1C(=O)c1ccc(=O)n(-c2ccccc2F)n1. The lowest BCUT2D eigenvalue weighted by Gasteiger charge is -2.36. The number of halogens is 1. The van der Waals surface area contributed by atoms with Crippen LogP contribution in [0, 0.1) is 11.7 Å². The minimum Gasteiger partial charge on any atom is -0.396 e. The number of carbonyl (C=O) groups excluding carboxylic acids is 1. The molecule has 1 aromatic carbocycles. The molecule has 0 aliphatic carbocycles. The van der Waals surface area contributed by atoms with Crippen molar-refractivity contribution in [1.82, 2.24) is 14.7 Å². The highest BCUT2D eigenvalue weighted by atomic mass is 19.1. The molecule has 2 aromatic rings. The average molecular weight is 345 g/mol. The maximum atomic E-state index is 14.0. The van der Waals surface area contributed by atoms with Crippen molar-refractivity contribution in [3.63, 3.8) is 0 Å². The first-order chi connectivity index (χ1) is 12.0. The number of rotatable bonds is 3. The first-order valence-corrected chi connectivity index (χ1v) is 8.28. The van der Waals surface area contributed by atoms with Gasteiger partial charge in [-0.25, -0.2) is 4.39 Å². The van der Waals surface area contributed by atoms with Crippen LogP contribution in [0.1, 0.15) is 30.3 Å². The first kappa shape index (κ1) is 17.3. The molecular formula is C18H20FN3O3. The van der Waals surface area contributed by atoms with Crippen molar-refractivity contribution in [2.24, 2.45) is 5.92 Å². The van der Waals surface area contributed by atoms with Crippen LogP contribution in [0.25, 0.3) is 5.69 Å². The topological polar surface area (TPSA) is 75.4 Å². The van der Waals surface area contributed by atoms with Crippen LogP contribution in [0.5, 0.6) is 0 Å². The molecule has 0 saturated carbocycles. The van der Waals surface area contributed by atoms with Crippen molar-refractivity contribution in [1.29, 1.82) is 0 Å². The van der Waals surface area contributed by atoms with Crippen molar-refractivity contribution in [3.8, 4) is 5.69 Å². The van der Waals surface area contributed by atoms with E-state index in [1.54, 1.807) is 11.0 Å². The van der Waals surface area contributed by atoms with E-state index in [1.807, 2.05) is 6.92 Å². The number of hydrogen-bond acceptors (Lipinski definition) is 4. The molecule has 1 amide bonds. The van der Waals surface area contributed by atoms with E-state index in [0.717, 1.165) is 17.5 Å². The fourth-order valence-electron chi connectivity index (χ4n) is 3.21. The highest BCUT2D eigenvalue weighted by Crippen LogP contribution is 2.23. The lowest BCUT2D eigenvalue weighted by atomic mass is 9.92. The van der Waals surface area contributed by atoms with Crippen LogP contribution in [-0.2, 0) is 0 Å². The van der Waals surface area contributed by atoms with Gasteiger partial charge < -0.3 is 10.0 Å². The van der Waals surface area contributed by atoms with E-state index >= 15 is 0 Å². The Labute approximate surface area is 144 Å². The van der Waals surface area contributed by atoms with Crippen LogP contribution < -0.4 is 5.56 Å². The highest BCUT2D eigenvalue weighted by Gasteiger charge is 2.30. The zero-order valence-corrected chi connectivity index (χ0v) is 13.9. The monoisotopic (exact) mass is 345 g/mol. The lowest BCUT2D eigenvalue weighted by molar-refractivity contribution is 0.0507. The van der Waals surface area contributed by atoms with Gasteiger partial charge in [0.2, 0.25) is 0 Å². The van der Waals surface area contributed by atoms with Crippen LogP contribution in [0.15, 0.2) is 41.2 Å². The molecule has 0 unspecified atom stereocenters. The zero-order chi connectivity index (χ0) is 18.0. The Bertz CT molecular complexity index is 836. The molecule has 0 radical (unpaired) electrons. The van der Waals surface area contributed by atoms with Crippen molar-refractivity contribution in [2.75, 3.05) is 13.2 Å². The van der Waals surface area contributed by atoms with E-state index in [9.17, 15) is 19.1 Å². The Hall–Kier alpha value is -2.54. The summed E-state index contributed by atoms with van der Waals surface area (Å²) in [6.07, 6.45) is 1.44. The van der Waals surface area contributed by atoms with Gasteiger partial charge in [0.1, 0.15) is 17.2 Å². The van der Waals surface area contributed by atoms with Gasteiger partial charge in [-0.05, 0) is 43.9 Å². The van der Waals surface area contributed by atoms with Gasteiger partial charge in [-0.3, -0.25) is 9.59 Å². The average Bonchev–Trinajstić information content (AvgIpc) is 2.62. The molecule has 1 N–H and O–H groups in total. The molecule has 6 nitrogen and oxygen atoms in total. The van der Waals surface area contributed by atoms with E-state index < -0.39 is 11.4 Å². The van der Waals surface area contributed by atoms with Gasteiger partial charge >= 0.3 is 0 Å². The third-order valence-corrected chi connectivity index (χ3v) is 4.60. The second kappa shape index (κ2) is 7.14. The third kappa shape index (κ3) is 3.46.